The van der Waals surface area contributed by atoms with Crippen molar-refractivity contribution < 1.29 is 9.13 Å². The van der Waals surface area contributed by atoms with Crippen LogP contribution >= 0.6 is 24.8 Å². The van der Waals surface area contributed by atoms with E-state index in [1.165, 1.54) is 6.07 Å². The average molecular weight is 448 g/mol. The van der Waals surface area contributed by atoms with E-state index in [1.54, 1.807) is 18.3 Å². The van der Waals surface area contributed by atoms with Gasteiger partial charge < -0.3 is 15.5 Å². The Kier molecular flexibility index (Phi) is 8.24. The maximum atomic E-state index is 14.1. The molecule has 0 radical (unpaired) electrons. The molecule has 4 rings (SSSR count). The zero-order chi connectivity index (χ0) is 19.5. The minimum absolute atomic E-state index is 0. The van der Waals surface area contributed by atoms with Crippen LogP contribution in [-0.2, 0) is 0 Å². The highest BCUT2D eigenvalue weighted by Gasteiger charge is 2.23. The number of rotatable bonds is 6. The van der Waals surface area contributed by atoms with Crippen LogP contribution in [-0.4, -0.2) is 23.1 Å². The third-order valence-corrected chi connectivity index (χ3v) is 4.79. The smallest absolute Gasteiger partial charge is 0.132 e. The molecule has 158 valence electrons. The van der Waals surface area contributed by atoms with Gasteiger partial charge in [-0.25, -0.2) is 4.39 Å². The lowest BCUT2D eigenvalue weighted by Gasteiger charge is -2.22. The lowest BCUT2D eigenvalue weighted by Crippen LogP contribution is -2.13. The third kappa shape index (κ3) is 4.75. The van der Waals surface area contributed by atoms with Crippen molar-refractivity contribution in [1.82, 2.24) is 9.97 Å². The predicted molar refractivity (Wildman–Crippen MR) is 124 cm³/mol. The minimum atomic E-state index is -0.269. The van der Waals surface area contributed by atoms with Crippen molar-refractivity contribution >= 4 is 35.7 Å². The second kappa shape index (κ2) is 10.4. The summed E-state index contributed by atoms with van der Waals surface area (Å²) in [6, 6.07) is 16.7. The van der Waals surface area contributed by atoms with Crippen LogP contribution in [0.15, 0.2) is 67.0 Å². The number of benzene rings is 2. The molecular weight excluding hydrogens is 424 g/mol. The number of pyridine rings is 1. The average Bonchev–Trinajstić information content (AvgIpc) is 3.08. The summed E-state index contributed by atoms with van der Waals surface area (Å²) in [5.74, 6) is 0.288. The first-order valence-corrected chi connectivity index (χ1v) is 9.28. The molecule has 0 amide bonds. The lowest BCUT2D eigenvalue weighted by molar-refractivity contribution is 0.328. The molecule has 0 aliphatic heterocycles. The number of hydrogen-bond acceptors (Lipinski definition) is 3. The Labute approximate surface area is 187 Å². The fourth-order valence-corrected chi connectivity index (χ4v) is 3.67. The number of nitrogens with one attached hydrogen (secondary N) is 1. The van der Waals surface area contributed by atoms with E-state index < -0.39 is 0 Å². The monoisotopic (exact) mass is 447 g/mol. The fourth-order valence-electron chi connectivity index (χ4n) is 3.67. The van der Waals surface area contributed by atoms with Crippen LogP contribution in [0.4, 0.5) is 4.39 Å². The highest BCUT2D eigenvalue weighted by molar-refractivity contribution is 5.89. The number of hydrogen-bond donors (Lipinski definition) is 2. The summed E-state index contributed by atoms with van der Waals surface area (Å²) in [4.78, 5) is 7.62. The third-order valence-electron chi connectivity index (χ3n) is 4.79. The molecule has 0 saturated heterocycles. The maximum Gasteiger partial charge on any atom is 0.132 e. The van der Waals surface area contributed by atoms with Crippen molar-refractivity contribution in [3.8, 4) is 5.75 Å². The Morgan fingerprint density at radius 3 is 2.57 bits per heavy atom. The van der Waals surface area contributed by atoms with Gasteiger partial charge in [0.05, 0.1) is 0 Å². The highest BCUT2D eigenvalue weighted by atomic mass is 35.5. The molecule has 2 aromatic carbocycles. The summed E-state index contributed by atoms with van der Waals surface area (Å²) in [6.07, 6.45) is 3.55. The second-order valence-electron chi connectivity index (χ2n) is 6.81. The molecule has 0 fully saturated rings. The molecule has 3 N–H and O–H groups in total. The predicted octanol–water partition coefficient (Wildman–Crippen LogP) is 5.37. The summed E-state index contributed by atoms with van der Waals surface area (Å²) in [7, 11) is 0. The SMILES string of the molecule is Cc1cc2c(OCCN)c(C(c3cccnc3)c3cccc(F)c3)ccc2[nH]1.Cl.Cl. The number of ether oxygens (including phenoxy) is 1. The summed E-state index contributed by atoms with van der Waals surface area (Å²) in [6.45, 7) is 2.83. The number of nitrogens with zero attached hydrogens (tertiary/aromatic N) is 1. The van der Waals surface area contributed by atoms with Gasteiger partial charge in [0.1, 0.15) is 18.2 Å². The van der Waals surface area contributed by atoms with E-state index in [-0.39, 0.29) is 36.5 Å². The molecule has 2 heterocycles. The van der Waals surface area contributed by atoms with Gasteiger partial charge in [0.2, 0.25) is 0 Å². The Hall–Kier alpha value is -2.60. The van der Waals surface area contributed by atoms with Crippen molar-refractivity contribution in [2.75, 3.05) is 13.2 Å². The van der Waals surface area contributed by atoms with Crippen molar-refractivity contribution in [2.24, 2.45) is 5.73 Å². The normalized spacial score (nSPS) is 11.4. The van der Waals surface area contributed by atoms with Gasteiger partial charge in [-0.15, -0.1) is 24.8 Å². The van der Waals surface area contributed by atoms with E-state index in [9.17, 15) is 4.39 Å². The van der Waals surface area contributed by atoms with Gasteiger partial charge in [-0.2, -0.15) is 0 Å². The molecule has 2 aromatic heterocycles. The molecule has 0 aliphatic rings. The summed E-state index contributed by atoms with van der Waals surface area (Å²) < 4.78 is 20.2. The quantitative estimate of drug-likeness (QED) is 0.417. The maximum absolute atomic E-state index is 14.1. The molecule has 30 heavy (non-hydrogen) atoms. The lowest BCUT2D eigenvalue weighted by atomic mass is 9.84. The molecular formula is C23H24Cl2FN3O. The van der Waals surface area contributed by atoms with Crippen molar-refractivity contribution in [1.29, 1.82) is 0 Å². The number of nitrogens with two attached hydrogens (primary N) is 1. The van der Waals surface area contributed by atoms with Gasteiger partial charge in [-0.05, 0) is 48.4 Å². The number of aromatic amines is 1. The van der Waals surface area contributed by atoms with Crippen molar-refractivity contribution in [2.45, 2.75) is 12.8 Å². The number of fused-ring (bicyclic) bond motifs is 1. The molecule has 4 aromatic rings. The first kappa shape index (κ1) is 23.7. The molecule has 4 nitrogen and oxygen atoms in total. The standard InChI is InChI=1S/C23H22FN3O.2ClH/c1-15-12-20-21(27-15)8-7-19(23(20)28-11-9-25)22(17-5-3-10-26-14-17)16-4-2-6-18(24)13-16;;/h2-8,10,12-14,22,27H,9,11,25H2,1H3;2*1H. The molecule has 0 saturated carbocycles. The largest absolute Gasteiger partial charge is 0.491 e. The summed E-state index contributed by atoms with van der Waals surface area (Å²) in [5.41, 5.74) is 10.5. The first-order chi connectivity index (χ1) is 13.7. The molecule has 1 unspecified atom stereocenters. The van der Waals surface area contributed by atoms with Gasteiger partial charge in [-0.1, -0.05) is 24.3 Å². The van der Waals surface area contributed by atoms with Crippen LogP contribution in [0.3, 0.4) is 0 Å². The number of H-pyrrole nitrogens is 1. The second-order valence-corrected chi connectivity index (χ2v) is 6.81. The van der Waals surface area contributed by atoms with Gasteiger partial charge in [-0.3, -0.25) is 4.98 Å². The van der Waals surface area contributed by atoms with Crippen molar-refractivity contribution in [3.63, 3.8) is 0 Å². The topological polar surface area (TPSA) is 63.9 Å². The van der Waals surface area contributed by atoms with Crippen LogP contribution in [0.2, 0.25) is 0 Å². The van der Waals surface area contributed by atoms with Crippen LogP contribution in [0.5, 0.6) is 5.75 Å². The summed E-state index contributed by atoms with van der Waals surface area (Å²) in [5, 5.41) is 0.994. The van der Waals surface area contributed by atoms with Crippen LogP contribution in [0, 0.1) is 12.7 Å². The molecule has 0 spiro atoms. The Morgan fingerprint density at radius 1 is 1.07 bits per heavy atom. The molecule has 0 aliphatic carbocycles. The van der Waals surface area contributed by atoms with Crippen molar-refractivity contribution in [3.05, 3.63) is 95.2 Å². The van der Waals surface area contributed by atoms with E-state index in [4.69, 9.17) is 10.5 Å². The van der Waals surface area contributed by atoms with E-state index in [1.807, 2.05) is 43.5 Å². The number of aryl methyl sites for hydroxylation is 1. The van der Waals surface area contributed by atoms with Gasteiger partial charge in [0.25, 0.3) is 0 Å². The van der Waals surface area contributed by atoms with E-state index in [0.717, 1.165) is 39.0 Å². The fraction of sp³-hybridized carbons (Fsp3) is 0.174. The number of halogens is 3. The zero-order valence-corrected chi connectivity index (χ0v) is 18.1. The van der Waals surface area contributed by atoms with E-state index >= 15 is 0 Å². The highest BCUT2D eigenvalue weighted by Crippen LogP contribution is 2.41. The Balaban J connectivity index is 0.00000160. The van der Waals surface area contributed by atoms with E-state index in [0.29, 0.717) is 13.2 Å². The Morgan fingerprint density at radius 2 is 1.87 bits per heavy atom. The zero-order valence-electron chi connectivity index (χ0n) is 16.5. The van der Waals surface area contributed by atoms with Crippen LogP contribution in [0.1, 0.15) is 28.3 Å². The van der Waals surface area contributed by atoms with Gasteiger partial charge >= 0.3 is 0 Å². The summed E-state index contributed by atoms with van der Waals surface area (Å²) >= 11 is 0. The van der Waals surface area contributed by atoms with Crippen LogP contribution in [0.25, 0.3) is 10.9 Å². The van der Waals surface area contributed by atoms with Gasteiger partial charge in [0.15, 0.2) is 0 Å². The molecule has 0 bridgehead atoms. The van der Waals surface area contributed by atoms with Crippen LogP contribution < -0.4 is 10.5 Å². The van der Waals surface area contributed by atoms with E-state index in [2.05, 4.69) is 16.0 Å². The molecule has 7 heteroatoms. The Bertz CT molecular complexity index is 1100. The first-order valence-electron chi connectivity index (χ1n) is 9.28. The van der Waals surface area contributed by atoms with Gasteiger partial charge in [0, 0.05) is 47.0 Å². The minimum Gasteiger partial charge on any atom is -0.491 e. The molecule has 1 atom stereocenters. The number of aromatic nitrogens is 2.